The summed E-state index contributed by atoms with van der Waals surface area (Å²) in [6.07, 6.45) is 1.51. The van der Waals surface area contributed by atoms with Crippen LogP contribution in [0.5, 0.6) is 5.75 Å². The van der Waals surface area contributed by atoms with Crippen LogP contribution in [0.15, 0.2) is 84.9 Å². The largest absolute Gasteiger partial charge is 0.491 e. The summed E-state index contributed by atoms with van der Waals surface area (Å²) in [6.45, 7) is 1.78. The second-order valence-electron chi connectivity index (χ2n) is 8.08. The van der Waals surface area contributed by atoms with Crippen molar-refractivity contribution in [2.24, 2.45) is 5.92 Å². The van der Waals surface area contributed by atoms with Crippen molar-refractivity contribution in [1.82, 2.24) is 0 Å². The second kappa shape index (κ2) is 13.3. The van der Waals surface area contributed by atoms with Gasteiger partial charge in [-0.25, -0.2) is 4.79 Å². The molecule has 3 aromatic rings. The van der Waals surface area contributed by atoms with Gasteiger partial charge in [0.05, 0.1) is 29.6 Å². The Morgan fingerprint density at radius 1 is 1.08 bits per heavy atom. The smallest absolute Gasteiger partial charge is 0.412 e. The van der Waals surface area contributed by atoms with Gasteiger partial charge in [-0.15, -0.1) is 0 Å². The summed E-state index contributed by atoms with van der Waals surface area (Å²) >= 11 is 0. The van der Waals surface area contributed by atoms with Crippen LogP contribution in [0.25, 0.3) is 0 Å². The maximum Gasteiger partial charge on any atom is 0.412 e. The first-order chi connectivity index (χ1) is 17.9. The highest BCUT2D eigenvalue weighted by Gasteiger charge is 2.23. The number of nitrogens with two attached hydrogens (primary N) is 1. The number of aliphatic hydroxyl groups excluding tert-OH is 1. The van der Waals surface area contributed by atoms with Crippen LogP contribution < -0.4 is 21.1 Å². The highest BCUT2D eigenvalue weighted by Crippen LogP contribution is 2.30. The van der Waals surface area contributed by atoms with Crippen molar-refractivity contribution in [2.75, 3.05) is 29.6 Å². The molecule has 0 fully saturated rings. The Balaban J connectivity index is 1.77. The molecule has 0 heterocycles. The summed E-state index contributed by atoms with van der Waals surface area (Å²) in [5.41, 5.74) is 8.38. The molecule has 0 aliphatic heterocycles. The van der Waals surface area contributed by atoms with Crippen molar-refractivity contribution in [2.45, 2.75) is 13.0 Å². The zero-order chi connectivity index (χ0) is 26.6. The number of nitrogen functional groups attached to an aromatic ring is 1. The molecule has 0 aliphatic carbocycles. The first kappa shape index (κ1) is 26.8. The van der Waals surface area contributed by atoms with Crippen LogP contribution in [0, 0.1) is 17.2 Å². The lowest BCUT2D eigenvalue weighted by atomic mass is 9.96. The number of para-hydroxylation sites is 2. The molecule has 37 heavy (non-hydrogen) atoms. The lowest BCUT2D eigenvalue weighted by Gasteiger charge is -2.23. The van der Waals surface area contributed by atoms with Crippen LogP contribution in [0.1, 0.15) is 24.2 Å². The van der Waals surface area contributed by atoms with Crippen molar-refractivity contribution >= 4 is 29.1 Å². The molecule has 0 bridgehead atoms. The predicted octanol–water partition coefficient (Wildman–Crippen LogP) is 4.63. The average molecular weight is 501 g/mol. The zero-order valence-electron chi connectivity index (χ0n) is 20.3. The number of nitriles is 1. The molecule has 190 valence electrons. The molecule has 0 radical (unpaired) electrons. The Morgan fingerprint density at radius 2 is 1.84 bits per heavy atom. The molecule has 9 heteroatoms. The third kappa shape index (κ3) is 8.13. The van der Waals surface area contributed by atoms with Gasteiger partial charge in [0.15, 0.2) is 0 Å². The Labute approximate surface area is 215 Å². The summed E-state index contributed by atoms with van der Waals surface area (Å²) in [4.78, 5) is 25.2. The van der Waals surface area contributed by atoms with Crippen LogP contribution in [0.4, 0.5) is 21.9 Å². The lowest BCUT2D eigenvalue weighted by molar-refractivity contribution is -0.111. The normalized spacial score (nSPS) is 12.2. The van der Waals surface area contributed by atoms with Crippen LogP contribution in [-0.2, 0) is 9.53 Å². The maximum absolute atomic E-state index is 12.7. The Morgan fingerprint density at radius 3 is 2.54 bits per heavy atom. The van der Waals surface area contributed by atoms with Crippen molar-refractivity contribution in [1.29, 1.82) is 5.26 Å². The first-order valence-electron chi connectivity index (χ1n) is 11.5. The van der Waals surface area contributed by atoms with Gasteiger partial charge in [0.25, 0.3) is 0 Å². The van der Waals surface area contributed by atoms with E-state index in [2.05, 4.69) is 10.6 Å². The minimum Gasteiger partial charge on any atom is -0.491 e. The predicted molar refractivity (Wildman–Crippen MR) is 141 cm³/mol. The molecule has 0 saturated carbocycles. The number of anilines is 3. The van der Waals surface area contributed by atoms with Crippen LogP contribution in [-0.4, -0.2) is 30.3 Å². The Hall–Kier alpha value is -4.81. The van der Waals surface area contributed by atoms with E-state index in [1.54, 1.807) is 78.9 Å². The van der Waals surface area contributed by atoms with Crippen molar-refractivity contribution in [3.05, 3.63) is 96.1 Å². The summed E-state index contributed by atoms with van der Waals surface area (Å²) in [5.74, 6) is -0.301. The zero-order valence-corrected chi connectivity index (χ0v) is 20.3. The highest BCUT2D eigenvalue weighted by molar-refractivity contribution is 6.01. The van der Waals surface area contributed by atoms with E-state index in [9.17, 15) is 9.59 Å². The maximum atomic E-state index is 12.7. The molecule has 0 unspecified atom stereocenters. The van der Waals surface area contributed by atoms with Crippen molar-refractivity contribution in [3.63, 3.8) is 0 Å². The molecule has 2 atom stereocenters. The van der Waals surface area contributed by atoms with Gasteiger partial charge in [-0.05, 0) is 60.2 Å². The van der Waals surface area contributed by atoms with E-state index in [0.717, 1.165) is 0 Å². The number of carbonyl (C=O) groups excluding carboxylic acids is 2. The van der Waals surface area contributed by atoms with E-state index in [4.69, 9.17) is 25.6 Å². The van der Waals surface area contributed by atoms with Crippen molar-refractivity contribution in [3.8, 4) is 11.8 Å². The Kier molecular flexibility index (Phi) is 9.65. The lowest BCUT2D eigenvalue weighted by Crippen LogP contribution is -2.21. The molecular weight excluding hydrogens is 472 g/mol. The van der Waals surface area contributed by atoms with Gasteiger partial charge in [0.2, 0.25) is 5.91 Å². The van der Waals surface area contributed by atoms with Crippen LogP contribution in [0.3, 0.4) is 0 Å². The monoisotopic (exact) mass is 500 g/mol. The van der Waals surface area contributed by atoms with Gasteiger partial charge in [-0.1, -0.05) is 37.3 Å². The number of nitrogens with one attached hydrogen (secondary N) is 2. The first-order valence-corrected chi connectivity index (χ1v) is 11.5. The molecule has 3 rings (SSSR count). The topological polar surface area (TPSA) is 147 Å². The summed E-state index contributed by atoms with van der Waals surface area (Å²) in [6, 6.07) is 22.3. The summed E-state index contributed by atoms with van der Waals surface area (Å²) < 4.78 is 11.3. The number of hydrogen-bond acceptors (Lipinski definition) is 7. The molecule has 3 aromatic carbocycles. The minimum absolute atomic E-state index is 0.117. The number of hydrogen-bond donors (Lipinski definition) is 4. The summed E-state index contributed by atoms with van der Waals surface area (Å²) in [5, 5.41) is 23.4. The van der Waals surface area contributed by atoms with Gasteiger partial charge < -0.3 is 25.6 Å². The summed E-state index contributed by atoms with van der Waals surface area (Å²) in [7, 11) is 0. The molecule has 2 amide bonds. The molecule has 0 aromatic heterocycles. The quantitative estimate of drug-likeness (QED) is 0.234. The molecule has 0 spiro atoms. The van der Waals surface area contributed by atoms with Gasteiger partial charge in [0, 0.05) is 11.6 Å². The molecule has 0 saturated heterocycles. The van der Waals surface area contributed by atoms with Crippen LogP contribution in [0.2, 0.25) is 0 Å². The van der Waals surface area contributed by atoms with E-state index in [0.29, 0.717) is 33.9 Å². The highest BCUT2D eigenvalue weighted by atomic mass is 16.6. The van der Waals surface area contributed by atoms with Gasteiger partial charge in [0.1, 0.15) is 18.5 Å². The third-order valence-corrected chi connectivity index (χ3v) is 5.29. The van der Waals surface area contributed by atoms with E-state index in [1.807, 2.05) is 13.0 Å². The number of amides is 2. The number of ether oxygens (including phenoxy) is 2. The number of nitrogens with zero attached hydrogens (tertiary/aromatic N) is 1. The van der Waals surface area contributed by atoms with Crippen molar-refractivity contribution < 1.29 is 24.2 Å². The van der Waals surface area contributed by atoms with E-state index >= 15 is 0 Å². The number of rotatable bonds is 10. The van der Waals surface area contributed by atoms with Gasteiger partial charge >= 0.3 is 6.09 Å². The average Bonchev–Trinajstić information content (AvgIpc) is 2.91. The Bertz CT molecular complexity index is 1280. The fourth-order valence-electron chi connectivity index (χ4n) is 3.44. The third-order valence-electron chi connectivity index (χ3n) is 5.29. The number of aliphatic hydroxyl groups is 1. The SMILES string of the molecule is C[C@@H](/C=C/C(=O)Nc1ccccc1N)[C@@H](OC(=O)Nc1ccc(C#N)cc1)c1cccc(OCCO)c1. The number of benzene rings is 3. The van der Waals surface area contributed by atoms with E-state index in [-0.39, 0.29) is 19.1 Å². The van der Waals surface area contributed by atoms with Gasteiger partial charge in [-0.3, -0.25) is 10.1 Å². The van der Waals surface area contributed by atoms with Gasteiger partial charge in [-0.2, -0.15) is 5.26 Å². The fourth-order valence-corrected chi connectivity index (χ4v) is 3.44. The standard InChI is InChI=1S/C28H28N4O5/c1-19(9-14-26(34)32-25-8-3-2-7-24(25)30)27(21-5-4-6-23(17-21)36-16-15-33)37-28(35)31-22-12-10-20(18-29)11-13-22/h2-14,17,19,27,33H,15-16,30H2,1H3,(H,31,35)(H,32,34)/b14-9+/t19-,27+/m0/s1. The number of carbonyl (C=O) groups is 2. The second-order valence-corrected chi connectivity index (χ2v) is 8.08. The molecule has 5 N–H and O–H groups in total. The minimum atomic E-state index is -0.776. The van der Waals surface area contributed by atoms with E-state index in [1.165, 1.54) is 6.08 Å². The fraction of sp³-hybridized carbons (Fsp3) is 0.179. The van der Waals surface area contributed by atoms with E-state index < -0.39 is 18.1 Å². The molecular formula is C28H28N4O5. The van der Waals surface area contributed by atoms with Crippen LogP contribution >= 0.6 is 0 Å². The molecule has 0 aliphatic rings. The molecule has 9 nitrogen and oxygen atoms in total.